The molecule has 4 aromatic rings. The van der Waals surface area contributed by atoms with Gasteiger partial charge in [-0.3, -0.25) is 4.79 Å². The van der Waals surface area contributed by atoms with Gasteiger partial charge in [0.1, 0.15) is 18.9 Å². The minimum Gasteiger partial charge on any atom is -0.460 e. The first-order valence-corrected chi connectivity index (χ1v) is 9.19. The summed E-state index contributed by atoms with van der Waals surface area (Å²) in [5.74, 6) is 0.285. The van der Waals surface area contributed by atoms with Crippen LogP contribution in [-0.2, 0) is 22.6 Å². The molecule has 0 aliphatic heterocycles. The first-order valence-electron chi connectivity index (χ1n) is 9.19. The molecule has 4 rings (SSSR count). The number of rotatable bonds is 6. The van der Waals surface area contributed by atoms with E-state index in [0.717, 1.165) is 28.1 Å². The van der Waals surface area contributed by atoms with Crippen LogP contribution in [0, 0.1) is 0 Å². The number of H-pyrrole nitrogens is 1. The lowest BCUT2D eigenvalue weighted by Gasteiger charge is -2.03. The standard InChI is InChI=1S/C24H20N2O2/c27-22(28-17-18-10-4-1-5-11-18)16-21-25-23(19-12-6-2-7-13-19)24(26-21)20-14-8-3-9-15-20/h1-15H,16-17H2,(H,25,26). The van der Waals surface area contributed by atoms with Crippen molar-refractivity contribution in [2.45, 2.75) is 13.0 Å². The highest BCUT2D eigenvalue weighted by molar-refractivity contribution is 5.79. The van der Waals surface area contributed by atoms with Gasteiger partial charge in [-0.1, -0.05) is 91.0 Å². The molecule has 0 saturated carbocycles. The number of carbonyl (C=O) groups is 1. The van der Waals surface area contributed by atoms with Gasteiger partial charge in [0.2, 0.25) is 0 Å². The molecule has 1 aromatic heterocycles. The van der Waals surface area contributed by atoms with Crippen LogP contribution in [0.25, 0.3) is 22.5 Å². The van der Waals surface area contributed by atoms with Gasteiger partial charge in [0, 0.05) is 11.1 Å². The fourth-order valence-corrected chi connectivity index (χ4v) is 3.05. The third kappa shape index (κ3) is 4.18. The molecular formula is C24H20N2O2. The zero-order valence-corrected chi connectivity index (χ0v) is 15.3. The normalized spacial score (nSPS) is 10.6. The van der Waals surface area contributed by atoms with Crippen LogP contribution in [0.15, 0.2) is 91.0 Å². The minimum absolute atomic E-state index is 0.0967. The van der Waals surface area contributed by atoms with E-state index in [1.807, 2.05) is 91.0 Å². The van der Waals surface area contributed by atoms with E-state index in [0.29, 0.717) is 5.82 Å². The third-order valence-electron chi connectivity index (χ3n) is 4.42. The van der Waals surface area contributed by atoms with Crippen LogP contribution < -0.4 is 0 Å². The van der Waals surface area contributed by atoms with Gasteiger partial charge in [-0.15, -0.1) is 0 Å². The van der Waals surface area contributed by atoms with Crippen LogP contribution in [-0.4, -0.2) is 15.9 Å². The SMILES string of the molecule is O=C(Cc1nc(-c2ccccc2)c(-c2ccccc2)[nH]1)OCc1ccccc1. The summed E-state index contributed by atoms with van der Waals surface area (Å²) in [6.45, 7) is 0.261. The summed E-state index contributed by atoms with van der Waals surface area (Å²) in [5, 5.41) is 0. The van der Waals surface area contributed by atoms with Crippen LogP contribution >= 0.6 is 0 Å². The van der Waals surface area contributed by atoms with Gasteiger partial charge < -0.3 is 9.72 Å². The smallest absolute Gasteiger partial charge is 0.313 e. The van der Waals surface area contributed by atoms with Crippen molar-refractivity contribution in [3.63, 3.8) is 0 Å². The maximum atomic E-state index is 12.3. The van der Waals surface area contributed by atoms with E-state index in [2.05, 4.69) is 4.98 Å². The summed E-state index contributed by atoms with van der Waals surface area (Å²) in [4.78, 5) is 20.3. The summed E-state index contributed by atoms with van der Waals surface area (Å²) in [5.41, 5.74) is 4.72. The summed E-state index contributed by atoms with van der Waals surface area (Å²) in [7, 11) is 0. The van der Waals surface area contributed by atoms with Gasteiger partial charge in [-0.25, -0.2) is 4.98 Å². The zero-order valence-electron chi connectivity index (χ0n) is 15.3. The number of imidazole rings is 1. The van der Waals surface area contributed by atoms with E-state index in [1.165, 1.54) is 0 Å². The van der Waals surface area contributed by atoms with Crippen LogP contribution in [0.4, 0.5) is 0 Å². The number of aromatic nitrogens is 2. The number of ether oxygens (including phenoxy) is 1. The Kier molecular flexibility index (Phi) is 5.29. The van der Waals surface area contributed by atoms with Crippen LogP contribution in [0.5, 0.6) is 0 Å². The number of aromatic amines is 1. The Morgan fingerprint density at radius 2 is 1.36 bits per heavy atom. The Hall–Kier alpha value is -3.66. The highest BCUT2D eigenvalue weighted by Gasteiger charge is 2.16. The van der Waals surface area contributed by atoms with Crippen molar-refractivity contribution >= 4 is 5.97 Å². The van der Waals surface area contributed by atoms with Crippen LogP contribution in [0.1, 0.15) is 11.4 Å². The second-order valence-corrected chi connectivity index (χ2v) is 6.46. The second kappa shape index (κ2) is 8.35. The molecule has 0 radical (unpaired) electrons. The second-order valence-electron chi connectivity index (χ2n) is 6.46. The predicted molar refractivity (Wildman–Crippen MR) is 109 cm³/mol. The number of carbonyl (C=O) groups excluding carboxylic acids is 1. The van der Waals surface area contributed by atoms with Crippen molar-refractivity contribution in [2.24, 2.45) is 0 Å². The Balaban J connectivity index is 1.56. The summed E-state index contributed by atoms with van der Waals surface area (Å²) in [6, 6.07) is 29.6. The van der Waals surface area contributed by atoms with E-state index in [-0.39, 0.29) is 19.0 Å². The van der Waals surface area contributed by atoms with Crippen molar-refractivity contribution in [1.29, 1.82) is 0 Å². The highest BCUT2D eigenvalue weighted by atomic mass is 16.5. The molecule has 0 fully saturated rings. The van der Waals surface area contributed by atoms with Crippen molar-refractivity contribution in [3.05, 3.63) is 102 Å². The summed E-state index contributed by atoms with van der Waals surface area (Å²) in [6.07, 6.45) is 0.0967. The number of hydrogen-bond donors (Lipinski definition) is 1. The van der Waals surface area contributed by atoms with Gasteiger partial charge in [0.05, 0.1) is 11.4 Å². The zero-order chi connectivity index (χ0) is 19.2. The molecule has 0 amide bonds. The van der Waals surface area contributed by atoms with E-state index in [4.69, 9.17) is 9.72 Å². The molecule has 0 aliphatic carbocycles. The topological polar surface area (TPSA) is 55.0 Å². The Morgan fingerprint density at radius 3 is 2.00 bits per heavy atom. The Morgan fingerprint density at radius 1 is 0.786 bits per heavy atom. The number of hydrogen-bond acceptors (Lipinski definition) is 3. The lowest BCUT2D eigenvalue weighted by molar-refractivity contribution is -0.144. The fraction of sp³-hybridized carbons (Fsp3) is 0.0833. The molecule has 4 heteroatoms. The quantitative estimate of drug-likeness (QED) is 0.486. The lowest BCUT2D eigenvalue weighted by atomic mass is 10.1. The Labute approximate surface area is 163 Å². The highest BCUT2D eigenvalue weighted by Crippen LogP contribution is 2.30. The molecule has 0 bridgehead atoms. The van der Waals surface area contributed by atoms with E-state index < -0.39 is 0 Å². The van der Waals surface area contributed by atoms with Crippen LogP contribution in [0.2, 0.25) is 0 Å². The maximum absolute atomic E-state index is 12.3. The van der Waals surface area contributed by atoms with Gasteiger partial charge in [0.15, 0.2) is 0 Å². The number of nitrogens with zero attached hydrogens (tertiary/aromatic N) is 1. The molecule has 4 nitrogen and oxygen atoms in total. The molecule has 0 spiro atoms. The molecule has 1 N–H and O–H groups in total. The molecule has 0 atom stereocenters. The van der Waals surface area contributed by atoms with E-state index in [1.54, 1.807) is 0 Å². The maximum Gasteiger partial charge on any atom is 0.313 e. The first-order chi connectivity index (χ1) is 13.8. The van der Waals surface area contributed by atoms with E-state index in [9.17, 15) is 4.79 Å². The number of nitrogens with one attached hydrogen (secondary N) is 1. The number of benzene rings is 3. The molecule has 0 saturated heterocycles. The molecule has 1 heterocycles. The number of esters is 1. The third-order valence-corrected chi connectivity index (χ3v) is 4.42. The molecule has 0 unspecified atom stereocenters. The van der Waals surface area contributed by atoms with Gasteiger partial charge in [0.25, 0.3) is 0 Å². The van der Waals surface area contributed by atoms with E-state index >= 15 is 0 Å². The van der Waals surface area contributed by atoms with Crippen LogP contribution in [0.3, 0.4) is 0 Å². The summed E-state index contributed by atoms with van der Waals surface area (Å²) >= 11 is 0. The molecule has 3 aromatic carbocycles. The van der Waals surface area contributed by atoms with Crippen molar-refractivity contribution in [3.8, 4) is 22.5 Å². The van der Waals surface area contributed by atoms with Gasteiger partial charge in [-0.2, -0.15) is 0 Å². The largest absolute Gasteiger partial charge is 0.460 e. The fourth-order valence-electron chi connectivity index (χ4n) is 3.05. The monoisotopic (exact) mass is 368 g/mol. The predicted octanol–water partition coefficient (Wildman–Crippen LogP) is 5.03. The summed E-state index contributed by atoms with van der Waals surface area (Å²) < 4.78 is 5.39. The van der Waals surface area contributed by atoms with Gasteiger partial charge >= 0.3 is 5.97 Å². The molecule has 138 valence electrons. The lowest BCUT2D eigenvalue weighted by Crippen LogP contribution is -2.09. The average molecular weight is 368 g/mol. The Bertz CT molecular complexity index is 985. The van der Waals surface area contributed by atoms with Crippen molar-refractivity contribution in [1.82, 2.24) is 9.97 Å². The minimum atomic E-state index is -0.308. The molecule has 0 aliphatic rings. The van der Waals surface area contributed by atoms with Gasteiger partial charge in [-0.05, 0) is 5.56 Å². The molecule has 28 heavy (non-hydrogen) atoms. The van der Waals surface area contributed by atoms with Crippen molar-refractivity contribution in [2.75, 3.05) is 0 Å². The first kappa shape index (κ1) is 17.7. The van der Waals surface area contributed by atoms with Crippen molar-refractivity contribution < 1.29 is 9.53 Å². The average Bonchev–Trinajstić information content (AvgIpc) is 3.18. The molecular weight excluding hydrogens is 348 g/mol.